The van der Waals surface area contributed by atoms with Gasteiger partial charge in [-0.15, -0.1) is 12.4 Å². The van der Waals surface area contributed by atoms with E-state index in [0.717, 1.165) is 31.2 Å². The van der Waals surface area contributed by atoms with Crippen molar-refractivity contribution >= 4 is 24.1 Å². The lowest BCUT2D eigenvalue weighted by molar-refractivity contribution is 0.0785. The summed E-state index contributed by atoms with van der Waals surface area (Å²) in [5, 5.41) is 0. The van der Waals surface area contributed by atoms with E-state index in [-0.39, 0.29) is 30.4 Å². The number of amides is 1. The minimum atomic E-state index is -0.124. The molecular weight excluding hydrogens is 406 g/mol. The average molecular weight is 432 g/mol. The maximum absolute atomic E-state index is 13.7. The fourth-order valence-electron chi connectivity index (χ4n) is 4.22. The molecule has 1 amide bonds. The van der Waals surface area contributed by atoms with Gasteiger partial charge in [0.1, 0.15) is 5.84 Å². The zero-order chi connectivity index (χ0) is 20.4. The van der Waals surface area contributed by atoms with E-state index in [2.05, 4.69) is 4.98 Å². The smallest absolute Gasteiger partial charge is 0.260 e. The summed E-state index contributed by atoms with van der Waals surface area (Å²) in [5.41, 5.74) is 1.32. The number of hydrogen-bond acceptors (Lipinski definition) is 6. The van der Waals surface area contributed by atoms with Gasteiger partial charge in [0, 0.05) is 23.5 Å². The normalized spacial score (nSPS) is 20.0. The van der Waals surface area contributed by atoms with E-state index >= 15 is 0 Å². The number of carbonyl (C=O) groups is 1. The highest BCUT2D eigenvalue weighted by Crippen LogP contribution is 2.40. The third-order valence-electron chi connectivity index (χ3n) is 5.59. The van der Waals surface area contributed by atoms with E-state index in [1.807, 2.05) is 17.0 Å². The predicted octanol–water partition coefficient (Wildman–Crippen LogP) is 3.74. The maximum atomic E-state index is 13.7. The highest BCUT2D eigenvalue weighted by atomic mass is 35.5. The Hall–Kier alpha value is -2.80. The average Bonchev–Trinajstić information content (AvgIpc) is 3.17. The number of aromatic nitrogens is 1. The number of nitrogens with zero attached hydrogens (tertiary/aromatic N) is 3. The summed E-state index contributed by atoms with van der Waals surface area (Å²) in [7, 11) is 4.63. The van der Waals surface area contributed by atoms with Crippen molar-refractivity contribution in [3.8, 4) is 17.2 Å². The molecule has 1 aromatic carbocycles. The molecule has 0 radical (unpaired) electrons. The summed E-state index contributed by atoms with van der Waals surface area (Å²) >= 11 is 0. The second-order valence-electron chi connectivity index (χ2n) is 7.20. The first-order valence-electron chi connectivity index (χ1n) is 9.79. The number of pyridine rings is 1. The van der Waals surface area contributed by atoms with E-state index in [4.69, 9.17) is 19.2 Å². The van der Waals surface area contributed by atoms with Crippen LogP contribution in [0.25, 0.3) is 0 Å². The number of hydrogen-bond donors (Lipinski definition) is 0. The number of halogens is 1. The molecule has 2 aliphatic rings. The van der Waals surface area contributed by atoms with Gasteiger partial charge >= 0.3 is 0 Å². The van der Waals surface area contributed by atoms with Crippen molar-refractivity contribution in [2.24, 2.45) is 4.99 Å². The summed E-state index contributed by atoms with van der Waals surface area (Å²) in [5.74, 6) is 1.93. The van der Waals surface area contributed by atoms with Gasteiger partial charge in [0.2, 0.25) is 5.75 Å². The number of methoxy groups -OCH3 is 3. The van der Waals surface area contributed by atoms with Crippen molar-refractivity contribution in [2.45, 2.75) is 37.8 Å². The van der Waals surface area contributed by atoms with Crippen LogP contribution in [-0.2, 0) is 0 Å². The van der Waals surface area contributed by atoms with Crippen molar-refractivity contribution < 1.29 is 19.0 Å². The van der Waals surface area contributed by atoms with Crippen LogP contribution in [0, 0.1) is 0 Å². The lowest BCUT2D eigenvalue weighted by atomic mass is 9.90. The van der Waals surface area contributed by atoms with Crippen LogP contribution in [0.4, 0.5) is 0 Å². The van der Waals surface area contributed by atoms with Gasteiger partial charge < -0.3 is 14.2 Å². The monoisotopic (exact) mass is 431 g/mol. The Kier molecular flexibility index (Phi) is 6.82. The van der Waals surface area contributed by atoms with Gasteiger partial charge in [-0.05, 0) is 37.1 Å². The first-order chi connectivity index (χ1) is 14.2. The van der Waals surface area contributed by atoms with Crippen LogP contribution in [0.5, 0.6) is 17.2 Å². The lowest BCUT2D eigenvalue weighted by Gasteiger charge is -2.32. The summed E-state index contributed by atoms with van der Waals surface area (Å²) in [6, 6.07) is 7.39. The zero-order valence-corrected chi connectivity index (χ0v) is 18.1. The number of benzene rings is 1. The predicted molar refractivity (Wildman–Crippen MR) is 116 cm³/mol. The molecule has 2 heterocycles. The molecule has 2 aromatic rings. The van der Waals surface area contributed by atoms with Crippen LogP contribution < -0.4 is 14.2 Å². The van der Waals surface area contributed by atoms with E-state index in [1.54, 1.807) is 45.9 Å². The van der Waals surface area contributed by atoms with Crippen LogP contribution in [-0.4, -0.2) is 55.0 Å². The molecule has 1 aliphatic heterocycles. The zero-order valence-electron chi connectivity index (χ0n) is 17.3. The number of amidine groups is 1. The highest BCUT2D eigenvalue weighted by Gasteiger charge is 2.42. The summed E-state index contributed by atoms with van der Waals surface area (Å²) in [6.07, 6.45) is 7.64. The van der Waals surface area contributed by atoms with Crippen molar-refractivity contribution in [3.05, 3.63) is 47.8 Å². The number of carbonyl (C=O) groups excluding carboxylic acids is 1. The van der Waals surface area contributed by atoms with Gasteiger partial charge in [0.15, 0.2) is 11.5 Å². The molecule has 1 aromatic heterocycles. The second-order valence-corrected chi connectivity index (χ2v) is 7.20. The Morgan fingerprint density at radius 2 is 1.77 bits per heavy atom. The SMILES string of the molecule is COc1cc(C(=O)N2C(c3cccnc3)=NC3CCCCC32)cc(OC)c1OC.Cl. The first-order valence-corrected chi connectivity index (χ1v) is 9.79. The first kappa shape index (κ1) is 21.9. The van der Waals surface area contributed by atoms with Gasteiger partial charge in [-0.3, -0.25) is 19.7 Å². The molecule has 2 unspecified atom stereocenters. The van der Waals surface area contributed by atoms with Gasteiger partial charge in [-0.25, -0.2) is 0 Å². The Morgan fingerprint density at radius 1 is 1.07 bits per heavy atom. The maximum Gasteiger partial charge on any atom is 0.260 e. The second kappa shape index (κ2) is 9.34. The van der Waals surface area contributed by atoms with Gasteiger partial charge in [-0.2, -0.15) is 0 Å². The quantitative estimate of drug-likeness (QED) is 0.721. The summed E-state index contributed by atoms with van der Waals surface area (Å²) < 4.78 is 16.3. The number of aliphatic imine (C=N–C) groups is 1. The Balaban J connectivity index is 0.00000256. The minimum Gasteiger partial charge on any atom is -0.493 e. The van der Waals surface area contributed by atoms with E-state index in [9.17, 15) is 4.79 Å². The van der Waals surface area contributed by atoms with Crippen molar-refractivity contribution in [1.82, 2.24) is 9.88 Å². The third kappa shape index (κ3) is 3.81. The molecule has 8 heteroatoms. The Bertz CT molecular complexity index is 910. The molecule has 1 saturated carbocycles. The summed E-state index contributed by atoms with van der Waals surface area (Å²) in [6.45, 7) is 0. The third-order valence-corrected chi connectivity index (χ3v) is 5.59. The van der Waals surface area contributed by atoms with E-state index < -0.39 is 0 Å². The molecule has 160 valence electrons. The van der Waals surface area contributed by atoms with Gasteiger partial charge in [0.05, 0.1) is 33.4 Å². The van der Waals surface area contributed by atoms with Crippen LogP contribution in [0.1, 0.15) is 41.6 Å². The fourth-order valence-corrected chi connectivity index (χ4v) is 4.22. The molecule has 0 N–H and O–H groups in total. The molecule has 1 aliphatic carbocycles. The van der Waals surface area contributed by atoms with E-state index in [0.29, 0.717) is 28.6 Å². The van der Waals surface area contributed by atoms with Crippen molar-refractivity contribution in [1.29, 1.82) is 0 Å². The molecule has 0 saturated heterocycles. The van der Waals surface area contributed by atoms with Gasteiger partial charge in [0.25, 0.3) is 5.91 Å². The van der Waals surface area contributed by atoms with Gasteiger partial charge in [-0.1, -0.05) is 12.8 Å². The minimum absolute atomic E-state index is 0. The molecule has 4 rings (SSSR count). The lowest BCUT2D eigenvalue weighted by Crippen LogP contribution is -2.45. The van der Waals surface area contributed by atoms with Crippen molar-refractivity contribution in [2.75, 3.05) is 21.3 Å². The van der Waals surface area contributed by atoms with Crippen LogP contribution >= 0.6 is 12.4 Å². The largest absolute Gasteiger partial charge is 0.493 e. The molecule has 30 heavy (non-hydrogen) atoms. The summed E-state index contributed by atoms with van der Waals surface area (Å²) in [4.78, 5) is 24.7. The molecule has 2 atom stereocenters. The van der Waals surface area contributed by atoms with Crippen LogP contribution in [0.15, 0.2) is 41.7 Å². The standard InChI is InChI=1S/C22H25N3O4.ClH/c1-27-18-11-15(12-19(28-2)20(18)29-3)22(26)25-17-9-5-4-8-16(17)24-21(25)14-7-6-10-23-13-14;/h6-7,10-13,16-17H,4-5,8-9H2,1-3H3;1H. The highest BCUT2D eigenvalue weighted by molar-refractivity contribution is 6.14. The van der Waals surface area contributed by atoms with Crippen molar-refractivity contribution in [3.63, 3.8) is 0 Å². The Labute approximate surface area is 182 Å². The number of ether oxygens (including phenoxy) is 3. The fraction of sp³-hybridized carbons (Fsp3) is 0.409. The molecule has 0 spiro atoms. The number of rotatable bonds is 5. The molecular formula is C22H26ClN3O4. The van der Waals surface area contributed by atoms with E-state index in [1.165, 1.54) is 0 Å². The molecule has 1 fully saturated rings. The van der Waals surface area contributed by atoms with Crippen LogP contribution in [0.3, 0.4) is 0 Å². The number of fused-ring (bicyclic) bond motifs is 1. The molecule has 7 nitrogen and oxygen atoms in total. The Morgan fingerprint density at radius 3 is 2.37 bits per heavy atom. The topological polar surface area (TPSA) is 73.2 Å². The molecule has 0 bridgehead atoms. The van der Waals surface area contributed by atoms with Crippen LogP contribution in [0.2, 0.25) is 0 Å².